The van der Waals surface area contributed by atoms with Gasteiger partial charge in [0.15, 0.2) is 5.78 Å². The highest BCUT2D eigenvalue weighted by atomic mass is 16.6. The zero-order valence-corrected chi connectivity index (χ0v) is 8.40. The first-order valence-electron chi connectivity index (χ1n) is 4.64. The van der Waals surface area contributed by atoms with Crippen LogP contribution in [0.3, 0.4) is 0 Å². The van der Waals surface area contributed by atoms with Crippen LogP contribution in [0.1, 0.15) is 13.3 Å². The molecule has 1 N–H and O–H groups in total. The van der Waals surface area contributed by atoms with E-state index in [4.69, 9.17) is 0 Å². The lowest BCUT2D eigenvalue weighted by atomic mass is 10.2. The third-order valence-electron chi connectivity index (χ3n) is 1.97. The van der Waals surface area contributed by atoms with Crippen LogP contribution in [0, 0.1) is 10.1 Å². The van der Waals surface area contributed by atoms with Crippen LogP contribution in [-0.4, -0.2) is 17.3 Å². The summed E-state index contributed by atoms with van der Waals surface area (Å²) in [6.07, 6.45) is 0.424. The van der Waals surface area contributed by atoms with Crippen LogP contribution in [0.25, 0.3) is 0 Å². The molecule has 0 bridgehead atoms. The molecule has 1 aromatic rings. The summed E-state index contributed by atoms with van der Waals surface area (Å²) in [7, 11) is 0. The topological polar surface area (TPSA) is 72.2 Å². The van der Waals surface area contributed by atoms with Gasteiger partial charge in [0, 0.05) is 12.5 Å². The second-order valence-corrected chi connectivity index (χ2v) is 3.02. The zero-order chi connectivity index (χ0) is 11.3. The van der Waals surface area contributed by atoms with Crippen molar-refractivity contribution in [2.45, 2.75) is 13.3 Å². The highest BCUT2D eigenvalue weighted by Crippen LogP contribution is 2.22. The standard InChI is InChI=1S/C10H12N2O3/c1-2-8(13)7-11-9-5-3-4-6-10(9)12(14)15/h3-6,11H,2,7H2,1H3. The summed E-state index contributed by atoms with van der Waals surface area (Å²) in [5.74, 6) is 0.0214. The molecule has 0 spiro atoms. The average molecular weight is 208 g/mol. The molecule has 0 radical (unpaired) electrons. The van der Waals surface area contributed by atoms with Crippen molar-refractivity contribution in [3.63, 3.8) is 0 Å². The number of Topliss-reactive ketones (excluding diaryl/α,β-unsaturated/α-hetero) is 1. The van der Waals surface area contributed by atoms with Gasteiger partial charge in [-0.25, -0.2) is 0 Å². The fraction of sp³-hybridized carbons (Fsp3) is 0.300. The van der Waals surface area contributed by atoms with Crippen LogP contribution >= 0.6 is 0 Å². The molecule has 80 valence electrons. The van der Waals surface area contributed by atoms with E-state index in [1.165, 1.54) is 6.07 Å². The average Bonchev–Trinajstić information content (AvgIpc) is 2.26. The summed E-state index contributed by atoms with van der Waals surface area (Å²) < 4.78 is 0. The Morgan fingerprint density at radius 2 is 2.13 bits per heavy atom. The van der Waals surface area contributed by atoms with Crippen LogP contribution in [0.5, 0.6) is 0 Å². The summed E-state index contributed by atoms with van der Waals surface area (Å²) in [6, 6.07) is 6.26. The Morgan fingerprint density at radius 1 is 1.47 bits per heavy atom. The normalized spacial score (nSPS) is 9.67. The predicted molar refractivity (Wildman–Crippen MR) is 56.9 cm³/mol. The highest BCUT2D eigenvalue weighted by Gasteiger charge is 2.12. The molecular weight excluding hydrogens is 196 g/mol. The maximum atomic E-state index is 11.0. The Labute approximate surface area is 87.3 Å². The molecule has 0 aliphatic heterocycles. The molecule has 5 heteroatoms. The van der Waals surface area contributed by atoms with Crippen LogP contribution in [-0.2, 0) is 4.79 Å². The number of rotatable bonds is 5. The Morgan fingerprint density at radius 3 is 2.73 bits per heavy atom. The van der Waals surface area contributed by atoms with E-state index in [0.717, 1.165) is 0 Å². The van der Waals surface area contributed by atoms with Crippen molar-refractivity contribution >= 4 is 17.2 Å². The molecule has 0 saturated carbocycles. The van der Waals surface area contributed by atoms with Gasteiger partial charge in [-0.15, -0.1) is 0 Å². The Balaban J connectivity index is 2.76. The highest BCUT2D eigenvalue weighted by molar-refractivity contribution is 5.83. The lowest BCUT2D eigenvalue weighted by molar-refractivity contribution is -0.383. The number of nitrogens with one attached hydrogen (secondary N) is 1. The maximum Gasteiger partial charge on any atom is 0.292 e. The number of ketones is 1. The first-order chi connectivity index (χ1) is 7.15. The van der Waals surface area contributed by atoms with Gasteiger partial charge in [-0.1, -0.05) is 19.1 Å². The lowest BCUT2D eigenvalue weighted by Crippen LogP contribution is -2.13. The van der Waals surface area contributed by atoms with Gasteiger partial charge in [0.05, 0.1) is 11.5 Å². The minimum Gasteiger partial charge on any atom is -0.372 e. The van der Waals surface area contributed by atoms with Crippen LogP contribution in [0.2, 0.25) is 0 Å². The molecule has 0 amide bonds. The quantitative estimate of drug-likeness (QED) is 0.593. The van der Waals surface area contributed by atoms with E-state index < -0.39 is 4.92 Å². The third-order valence-corrected chi connectivity index (χ3v) is 1.97. The SMILES string of the molecule is CCC(=O)CNc1ccccc1[N+](=O)[O-]. The summed E-state index contributed by atoms with van der Waals surface area (Å²) in [6.45, 7) is 1.88. The van der Waals surface area contributed by atoms with Crippen molar-refractivity contribution in [3.8, 4) is 0 Å². The number of anilines is 1. The predicted octanol–water partition coefficient (Wildman–Crippen LogP) is 1.99. The van der Waals surface area contributed by atoms with E-state index >= 15 is 0 Å². The van der Waals surface area contributed by atoms with Crippen molar-refractivity contribution in [1.29, 1.82) is 0 Å². The van der Waals surface area contributed by atoms with Gasteiger partial charge in [-0.2, -0.15) is 0 Å². The lowest BCUT2D eigenvalue weighted by Gasteiger charge is -2.04. The number of carbonyl (C=O) groups excluding carboxylic acids is 1. The van der Waals surface area contributed by atoms with E-state index in [2.05, 4.69) is 5.32 Å². The van der Waals surface area contributed by atoms with Gasteiger partial charge in [-0.05, 0) is 6.07 Å². The molecule has 0 heterocycles. The molecule has 15 heavy (non-hydrogen) atoms. The molecular formula is C10H12N2O3. The smallest absolute Gasteiger partial charge is 0.292 e. The van der Waals surface area contributed by atoms with Crippen molar-refractivity contribution in [3.05, 3.63) is 34.4 Å². The zero-order valence-electron chi connectivity index (χ0n) is 8.40. The van der Waals surface area contributed by atoms with Crippen LogP contribution < -0.4 is 5.32 Å². The van der Waals surface area contributed by atoms with Gasteiger partial charge < -0.3 is 5.32 Å². The molecule has 0 aliphatic rings. The van der Waals surface area contributed by atoms with Crippen molar-refractivity contribution < 1.29 is 9.72 Å². The minimum atomic E-state index is -0.473. The van der Waals surface area contributed by atoms with Gasteiger partial charge in [0.25, 0.3) is 5.69 Å². The Bertz CT molecular complexity index is 377. The largest absolute Gasteiger partial charge is 0.372 e. The number of para-hydroxylation sites is 2. The maximum absolute atomic E-state index is 11.0. The number of benzene rings is 1. The van der Waals surface area contributed by atoms with E-state index in [1.54, 1.807) is 25.1 Å². The number of hydrogen-bond acceptors (Lipinski definition) is 4. The van der Waals surface area contributed by atoms with Crippen LogP contribution in [0.4, 0.5) is 11.4 Å². The van der Waals surface area contributed by atoms with Crippen molar-refractivity contribution in [1.82, 2.24) is 0 Å². The molecule has 5 nitrogen and oxygen atoms in total. The molecule has 0 aromatic heterocycles. The van der Waals surface area contributed by atoms with Gasteiger partial charge in [-0.3, -0.25) is 14.9 Å². The fourth-order valence-corrected chi connectivity index (χ4v) is 1.10. The first kappa shape index (κ1) is 11.2. The van der Waals surface area contributed by atoms with Gasteiger partial charge in [0.2, 0.25) is 0 Å². The van der Waals surface area contributed by atoms with Crippen molar-refractivity contribution in [2.75, 3.05) is 11.9 Å². The van der Waals surface area contributed by atoms with E-state index in [1.807, 2.05) is 0 Å². The number of nitrogens with zero attached hydrogens (tertiary/aromatic N) is 1. The van der Waals surface area contributed by atoms with Gasteiger partial charge >= 0.3 is 0 Å². The summed E-state index contributed by atoms with van der Waals surface area (Å²) in [5, 5.41) is 13.4. The second kappa shape index (κ2) is 5.09. The van der Waals surface area contributed by atoms with E-state index in [9.17, 15) is 14.9 Å². The Hall–Kier alpha value is -1.91. The number of hydrogen-bond donors (Lipinski definition) is 1. The molecule has 0 atom stereocenters. The first-order valence-corrected chi connectivity index (χ1v) is 4.64. The Kier molecular flexibility index (Phi) is 3.79. The molecule has 0 fully saturated rings. The molecule has 1 rings (SSSR count). The van der Waals surface area contributed by atoms with Crippen LogP contribution in [0.15, 0.2) is 24.3 Å². The number of carbonyl (C=O) groups is 1. The van der Waals surface area contributed by atoms with Crippen molar-refractivity contribution in [2.24, 2.45) is 0 Å². The second-order valence-electron chi connectivity index (χ2n) is 3.02. The summed E-state index contributed by atoms with van der Waals surface area (Å²) >= 11 is 0. The van der Waals surface area contributed by atoms with Gasteiger partial charge in [0.1, 0.15) is 5.69 Å². The summed E-state index contributed by atoms with van der Waals surface area (Å²) in [4.78, 5) is 21.2. The molecule has 1 aromatic carbocycles. The number of nitro benzene ring substituents is 1. The third kappa shape index (κ3) is 3.05. The summed E-state index contributed by atoms with van der Waals surface area (Å²) in [5.41, 5.74) is 0.366. The minimum absolute atomic E-state index is 0.0126. The van der Waals surface area contributed by atoms with E-state index in [-0.39, 0.29) is 18.0 Å². The van der Waals surface area contributed by atoms with E-state index in [0.29, 0.717) is 12.1 Å². The monoisotopic (exact) mass is 208 g/mol. The molecule has 0 saturated heterocycles. The fourth-order valence-electron chi connectivity index (χ4n) is 1.10. The number of nitro groups is 1. The molecule has 0 unspecified atom stereocenters. The molecule has 0 aliphatic carbocycles.